The van der Waals surface area contributed by atoms with Gasteiger partial charge in [0.25, 0.3) is 0 Å². The number of carbonyl (C=O) groups excluding carboxylic acids is 1. The van der Waals surface area contributed by atoms with Gasteiger partial charge < -0.3 is 15.2 Å². The molecule has 1 aromatic heterocycles. The van der Waals surface area contributed by atoms with E-state index in [1.54, 1.807) is 13.8 Å². The lowest BCUT2D eigenvalue weighted by Gasteiger charge is -2.26. The number of hydrogen-bond donors (Lipinski definition) is 1. The van der Waals surface area contributed by atoms with E-state index >= 15 is 0 Å². The summed E-state index contributed by atoms with van der Waals surface area (Å²) >= 11 is 1.27. The van der Waals surface area contributed by atoms with Crippen LogP contribution in [0.1, 0.15) is 25.3 Å². The van der Waals surface area contributed by atoms with Crippen molar-refractivity contribution in [3.05, 3.63) is 58.0 Å². The van der Waals surface area contributed by atoms with Crippen LogP contribution in [-0.4, -0.2) is 22.2 Å². The van der Waals surface area contributed by atoms with Crippen LogP contribution >= 0.6 is 11.5 Å². The van der Waals surface area contributed by atoms with E-state index in [1.807, 2.05) is 29.6 Å². The summed E-state index contributed by atoms with van der Waals surface area (Å²) in [4.78, 5) is 12.5. The van der Waals surface area contributed by atoms with E-state index in [2.05, 4.69) is 15.7 Å². The third-order valence-electron chi connectivity index (χ3n) is 4.00. The van der Waals surface area contributed by atoms with E-state index in [-0.39, 0.29) is 23.6 Å². The fourth-order valence-electron chi connectivity index (χ4n) is 2.82. The topological polar surface area (TPSA) is 111 Å². The highest BCUT2D eigenvalue weighted by Crippen LogP contribution is 2.40. The van der Waals surface area contributed by atoms with Crippen molar-refractivity contribution in [1.29, 1.82) is 5.26 Å². The number of carbonyl (C=O) groups is 1. The Hall–Kier alpha value is -3.18. The van der Waals surface area contributed by atoms with Crippen molar-refractivity contribution in [3.8, 4) is 17.3 Å². The van der Waals surface area contributed by atoms with Gasteiger partial charge in [-0.05, 0) is 30.9 Å². The molecule has 0 bridgehead atoms. The van der Waals surface area contributed by atoms with Gasteiger partial charge in [-0.25, -0.2) is 4.79 Å². The summed E-state index contributed by atoms with van der Waals surface area (Å²) in [6, 6.07) is 9.46. The predicted molar refractivity (Wildman–Crippen MR) is 95.3 cm³/mol. The Bertz CT molecular complexity index is 924. The SMILES string of the molecule is CCOC(=O)C1=C(C)OC(N)=C(C#N)C1c1ccc(-c2csnn2)cc1. The molecule has 3 rings (SSSR count). The molecule has 1 aliphatic rings. The molecule has 1 atom stereocenters. The monoisotopic (exact) mass is 368 g/mol. The molecule has 2 aromatic rings. The molecule has 8 heteroatoms. The van der Waals surface area contributed by atoms with E-state index in [0.29, 0.717) is 5.76 Å². The van der Waals surface area contributed by atoms with Gasteiger partial charge in [0.1, 0.15) is 23.1 Å². The van der Waals surface area contributed by atoms with Gasteiger partial charge in [0.15, 0.2) is 0 Å². The number of nitrogens with zero attached hydrogens (tertiary/aromatic N) is 3. The molecule has 1 unspecified atom stereocenters. The third kappa shape index (κ3) is 3.17. The van der Waals surface area contributed by atoms with Gasteiger partial charge in [-0.1, -0.05) is 28.8 Å². The molecule has 0 radical (unpaired) electrons. The van der Waals surface area contributed by atoms with Crippen molar-refractivity contribution < 1.29 is 14.3 Å². The van der Waals surface area contributed by atoms with E-state index in [1.165, 1.54) is 11.5 Å². The first-order valence-electron chi connectivity index (χ1n) is 7.89. The zero-order valence-electron chi connectivity index (χ0n) is 14.2. The molecule has 132 valence electrons. The van der Waals surface area contributed by atoms with Gasteiger partial charge in [0, 0.05) is 10.9 Å². The highest BCUT2D eigenvalue weighted by atomic mass is 32.1. The van der Waals surface area contributed by atoms with Crippen molar-refractivity contribution in [2.24, 2.45) is 5.73 Å². The lowest BCUT2D eigenvalue weighted by molar-refractivity contribution is -0.139. The minimum atomic E-state index is -0.643. The summed E-state index contributed by atoms with van der Waals surface area (Å²) in [5, 5.41) is 15.4. The summed E-state index contributed by atoms with van der Waals surface area (Å²) in [5.41, 5.74) is 8.74. The second-order valence-corrected chi connectivity index (χ2v) is 6.14. The largest absolute Gasteiger partial charge is 0.463 e. The molecule has 0 saturated heterocycles. The predicted octanol–water partition coefficient (Wildman–Crippen LogP) is 2.85. The zero-order chi connectivity index (χ0) is 18.7. The number of aromatic nitrogens is 2. The summed E-state index contributed by atoms with van der Waals surface area (Å²) in [6.45, 7) is 3.58. The smallest absolute Gasteiger partial charge is 0.338 e. The Morgan fingerprint density at radius 2 is 2.15 bits per heavy atom. The average Bonchev–Trinajstić information content (AvgIpc) is 3.16. The molecule has 1 aromatic carbocycles. The molecule has 0 amide bonds. The van der Waals surface area contributed by atoms with E-state index in [4.69, 9.17) is 15.2 Å². The van der Waals surface area contributed by atoms with Gasteiger partial charge in [-0.15, -0.1) is 5.10 Å². The van der Waals surface area contributed by atoms with E-state index in [9.17, 15) is 10.1 Å². The van der Waals surface area contributed by atoms with Crippen molar-refractivity contribution in [2.45, 2.75) is 19.8 Å². The number of allylic oxidation sites excluding steroid dienone is 2. The first kappa shape index (κ1) is 17.6. The maximum Gasteiger partial charge on any atom is 0.338 e. The number of hydrogen-bond acceptors (Lipinski definition) is 8. The van der Waals surface area contributed by atoms with Crippen LogP contribution in [0.4, 0.5) is 0 Å². The van der Waals surface area contributed by atoms with Crippen molar-refractivity contribution in [1.82, 2.24) is 9.59 Å². The highest BCUT2D eigenvalue weighted by Gasteiger charge is 2.36. The summed E-state index contributed by atoms with van der Waals surface area (Å²) in [5.74, 6) is -0.841. The second-order valence-electron chi connectivity index (χ2n) is 5.53. The van der Waals surface area contributed by atoms with Gasteiger partial charge in [-0.2, -0.15) is 5.26 Å². The standard InChI is InChI=1S/C18H16N4O3S/c1-3-24-18(23)15-10(2)25-17(20)13(8-19)16(15)12-6-4-11(5-7-12)14-9-26-22-21-14/h4-7,9,16H,3,20H2,1-2H3. The third-order valence-corrected chi connectivity index (χ3v) is 4.51. The van der Waals surface area contributed by atoms with Crippen molar-refractivity contribution >= 4 is 17.5 Å². The number of nitriles is 1. The summed E-state index contributed by atoms with van der Waals surface area (Å²) < 4.78 is 14.4. The second kappa shape index (κ2) is 7.37. The van der Waals surface area contributed by atoms with Crippen molar-refractivity contribution in [2.75, 3.05) is 6.61 Å². The number of rotatable bonds is 4. The Balaban J connectivity index is 2.06. The highest BCUT2D eigenvalue weighted by molar-refractivity contribution is 7.03. The van der Waals surface area contributed by atoms with Crippen LogP contribution < -0.4 is 5.73 Å². The van der Waals surface area contributed by atoms with Gasteiger partial charge in [-0.3, -0.25) is 0 Å². The minimum absolute atomic E-state index is 0.00386. The minimum Gasteiger partial charge on any atom is -0.463 e. The van der Waals surface area contributed by atoms with Crippen LogP contribution in [-0.2, 0) is 14.3 Å². The number of nitrogens with two attached hydrogens (primary N) is 1. The molecule has 0 fully saturated rings. The number of ether oxygens (including phenoxy) is 2. The van der Waals surface area contributed by atoms with Gasteiger partial charge in [0.05, 0.1) is 18.1 Å². The van der Waals surface area contributed by atoms with Crippen LogP contribution in [0, 0.1) is 11.3 Å². The van der Waals surface area contributed by atoms with Crippen molar-refractivity contribution in [3.63, 3.8) is 0 Å². The van der Waals surface area contributed by atoms with Crippen LogP contribution in [0.2, 0.25) is 0 Å². The summed E-state index contributed by atoms with van der Waals surface area (Å²) in [6.07, 6.45) is 0. The molecule has 7 nitrogen and oxygen atoms in total. The normalized spacial score (nSPS) is 16.9. The number of esters is 1. The fourth-order valence-corrected chi connectivity index (χ4v) is 3.29. The Morgan fingerprint density at radius 1 is 1.42 bits per heavy atom. The molecule has 26 heavy (non-hydrogen) atoms. The summed E-state index contributed by atoms with van der Waals surface area (Å²) in [7, 11) is 0. The lowest BCUT2D eigenvalue weighted by Crippen LogP contribution is -2.25. The number of benzene rings is 1. The van der Waals surface area contributed by atoms with Gasteiger partial charge >= 0.3 is 5.97 Å². The first-order valence-corrected chi connectivity index (χ1v) is 8.73. The Kier molecular flexibility index (Phi) is 5.00. The Labute approximate surface area is 154 Å². The first-order chi connectivity index (χ1) is 12.6. The molecular weight excluding hydrogens is 352 g/mol. The lowest BCUT2D eigenvalue weighted by atomic mass is 9.83. The maximum absolute atomic E-state index is 12.5. The quantitative estimate of drug-likeness (QED) is 0.826. The van der Waals surface area contributed by atoms with Crippen LogP contribution in [0.25, 0.3) is 11.3 Å². The molecule has 0 spiro atoms. The fraction of sp³-hybridized carbons (Fsp3) is 0.222. The molecule has 2 N–H and O–H groups in total. The van der Waals surface area contributed by atoms with Gasteiger partial charge in [0.2, 0.25) is 5.88 Å². The van der Waals surface area contributed by atoms with Crippen LogP contribution in [0.5, 0.6) is 0 Å². The van der Waals surface area contributed by atoms with Crippen LogP contribution in [0.3, 0.4) is 0 Å². The maximum atomic E-state index is 12.5. The molecule has 1 aliphatic heterocycles. The molecular formula is C18H16N4O3S. The zero-order valence-corrected chi connectivity index (χ0v) is 15.0. The Morgan fingerprint density at radius 3 is 2.73 bits per heavy atom. The molecule has 2 heterocycles. The van der Waals surface area contributed by atoms with E-state index in [0.717, 1.165) is 16.8 Å². The average molecular weight is 368 g/mol. The molecule has 0 aliphatic carbocycles. The molecule has 0 saturated carbocycles. The van der Waals surface area contributed by atoms with E-state index < -0.39 is 11.9 Å². The van der Waals surface area contributed by atoms with Crippen LogP contribution in [0.15, 0.2) is 52.4 Å².